The number of hydrogen-bond acceptors (Lipinski definition) is 8. The molecule has 0 aromatic carbocycles. The Bertz CT molecular complexity index is 753. The summed E-state index contributed by atoms with van der Waals surface area (Å²) in [5.74, 6) is -0.307. The molecule has 10 nitrogen and oxygen atoms in total. The molecule has 1 aliphatic heterocycles. The monoisotopic (exact) mass is 435 g/mol. The number of fused-ring (bicyclic) bond motifs is 1. The van der Waals surface area contributed by atoms with Crippen LogP contribution in [0.2, 0.25) is 0 Å². The summed E-state index contributed by atoms with van der Waals surface area (Å²) in [5.41, 5.74) is 5.86. The first-order valence-electron chi connectivity index (χ1n) is 6.64. The second-order valence-corrected chi connectivity index (χ2v) is 5.60. The summed E-state index contributed by atoms with van der Waals surface area (Å²) in [6.45, 7) is -0.452. The molecule has 0 aliphatic carbocycles. The number of primary amides is 1. The van der Waals surface area contributed by atoms with Crippen LogP contribution in [0.25, 0.3) is 11.0 Å². The van der Waals surface area contributed by atoms with Gasteiger partial charge < -0.3 is 33.9 Å². The van der Waals surface area contributed by atoms with Gasteiger partial charge in [-0.1, -0.05) is 0 Å². The van der Waals surface area contributed by atoms with Crippen molar-refractivity contribution >= 4 is 45.6 Å². The Morgan fingerprint density at radius 3 is 2.74 bits per heavy atom. The highest BCUT2D eigenvalue weighted by Gasteiger charge is 2.44. The van der Waals surface area contributed by atoms with Crippen LogP contribution in [-0.4, -0.2) is 60.7 Å². The number of rotatable bonds is 4. The lowest BCUT2D eigenvalue weighted by Gasteiger charge is -2.17. The van der Waals surface area contributed by atoms with Gasteiger partial charge in [0.25, 0.3) is 5.91 Å². The van der Waals surface area contributed by atoms with Crippen LogP contribution < -0.4 is 9.26 Å². The van der Waals surface area contributed by atoms with E-state index in [1.807, 2.05) is 22.9 Å². The average Bonchev–Trinajstić information content (AvgIpc) is 3.06. The lowest BCUT2D eigenvalue weighted by atomic mass is 10.1. The van der Waals surface area contributed by atoms with E-state index in [1.165, 1.54) is 17.1 Å². The minimum absolute atomic E-state index is 0.150. The van der Waals surface area contributed by atoms with Crippen molar-refractivity contribution in [1.82, 2.24) is 14.5 Å². The molecular weight excluding hydrogens is 421 g/mol. The van der Waals surface area contributed by atoms with Crippen LogP contribution in [-0.2, 0) is 4.74 Å². The van der Waals surface area contributed by atoms with Crippen molar-refractivity contribution < 1.29 is 24.9 Å². The number of aromatic nitrogens is 3. The SMILES string of the molecule is NC(=O)c1cn([C@@H]2O[C@H](CO)[C@@H](O)[C@H]2O)c2ncnc(NI)c12. The second-order valence-electron chi connectivity index (χ2n) is 5.06. The average molecular weight is 435 g/mol. The van der Waals surface area contributed by atoms with Crippen molar-refractivity contribution in [2.24, 2.45) is 5.73 Å². The summed E-state index contributed by atoms with van der Waals surface area (Å²) < 4.78 is 9.69. The summed E-state index contributed by atoms with van der Waals surface area (Å²) in [6.07, 6.45) is -1.84. The number of halogens is 1. The third-order valence-corrected chi connectivity index (χ3v) is 4.27. The van der Waals surface area contributed by atoms with E-state index >= 15 is 0 Å². The largest absolute Gasteiger partial charge is 0.394 e. The summed E-state index contributed by atoms with van der Waals surface area (Å²) in [4.78, 5) is 19.9. The normalized spacial score (nSPS) is 27.5. The van der Waals surface area contributed by atoms with E-state index < -0.39 is 37.1 Å². The second kappa shape index (κ2) is 6.16. The molecule has 1 saturated heterocycles. The molecule has 11 heteroatoms. The van der Waals surface area contributed by atoms with E-state index in [4.69, 9.17) is 10.5 Å². The molecule has 4 atom stereocenters. The van der Waals surface area contributed by atoms with Gasteiger partial charge in [0.15, 0.2) is 6.23 Å². The van der Waals surface area contributed by atoms with Gasteiger partial charge in [-0.3, -0.25) is 4.79 Å². The topological polar surface area (TPSA) is 156 Å². The summed E-state index contributed by atoms with van der Waals surface area (Å²) in [7, 11) is 0. The number of carbonyl (C=O) groups is 1. The van der Waals surface area contributed by atoms with Crippen molar-refractivity contribution in [3.63, 3.8) is 0 Å². The molecule has 6 N–H and O–H groups in total. The number of ether oxygens (including phenoxy) is 1. The standard InChI is InChI=1S/C12H14IN5O5/c13-17-10-6-4(9(14)22)1-18(11(6)16-3-15-10)12-8(21)7(20)5(2-19)23-12/h1,3,5,7-8,12,19-21H,2H2,(H2,14,22)(H,15,16,17)/t5-,7-,8-,12-/m1/s1. The maximum absolute atomic E-state index is 11.7. The van der Waals surface area contributed by atoms with Gasteiger partial charge in [0.05, 0.1) is 40.4 Å². The fourth-order valence-corrected chi connectivity index (χ4v) is 3.06. The van der Waals surface area contributed by atoms with E-state index in [9.17, 15) is 20.1 Å². The molecule has 1 fully saturated rings. The zero-order chi connectivity index (χ0) is 16.7. The van der Waals surface area contributed by atoms with Crippen LogP contribution in [0.3, 0.4) is 0 Å². The van der Waals surface area contributed by atoms with Crippen LogP contribution in [0, 0.1) is 0 Å². The minimum atomic E-state index is -1.30. The third kappa shape index (κ3) is 2.53. The van der Waals surface area contributed by atoms with Gasteiger partial charge in [-0.25, -0.2) is 9.97 Å². The number of amides is 1. The van der Waals surface area contributed by atoms with Crippen LogP contribution in [0.4, 0.5) is 5.82 Å². The Hall–Kier alpha value is -1.54. The zero-order valence-corrected chi connectivity index (χ0v) is 13.8. The number of nitrogens with one attached hydrogen (secondary N) is 1. The van der Waals surface area contributed by atoms with Crippen LogP contribution in [0.15, 0.2) is 12.5 Å². The predicted molar refractivity (Wildman–Crippen MR) is 86.7 cm³/mol. The Morgan fingerprint density at radius 2 is 2.17 bits per heavy atom. The Morgan fingerprint density at radius 1 is 1.43 bits per heavy atom. The lowest BCUT2D eigenvalue weighted by molar-refractivity contribution is -0.0508. The van der Waals surface area contributed by atoms with Gasteiger partial charge in [0.2, 0.25) is 0 Å². The van der Waals surface area contributed by atoms with E-state index in [2.05, 4.69) is 13.5 Å². The summed E-state index contributed by atoms with van der Waals surface area (Å²) in [5, 5.41) is 29.6. The van der Waals surface area contributed by atoms with Gasteiger partial charge in [0.1, 0.15) is 36.1 Å². The highest BCUT2D eigenvalue weighted by molar-refractivity contribution is 14.1. The third-order valence-electron chi connectivity index (χ3n) is 3.76. The molecular formula is C12H14IN5O5. The molecule has 124 valence electrons. The molecule has 0 radical (unpaired) electrons. The predicted octanol–water partition coefficient (Wildman–Crippen LogP) is -1.10. The van der Waals surface area contributed by atoms with Gasteiger partial charge in [-0.05, 0) is 0 Å². The van der Waals surface area contributed by atoms with Crippen LogP contribution >= 0.6 is 22.9 Å². The molecule has 0 bridgehead atoms. The number of nitrogens with two attached hydrogens (primary N) is 1. The number of hydrogen-bond donors (Lipinski definition) is 5. The molecule has 2 aromatic rings. The molecule has 2 aromatic heterocycles. The molecule has 1 amide bonds. The van der Waals surface area contributed by atoms with Crippen molar-refractivity contribution in [2.45, 2.75) is 24.5 Å². The minimum Gasteiger partial charge on any atom is -0.394 e. The van der Waals surface area contributed by atoms with Gasteiger partial charge >= 0.3 is 0 Å². The summed E-state index contributed by atoms with van der Waals surface area (Å²) in [6, 6.07) is 0. The smallest absolute Gasteiger partial charge is 0.251 e. The highest BCUT2D eigenvalue weighted by atomic mass is 127. The number of aliphatic hydroxyl groups excluding tert-OH is 3. The molecule has 1 aliphatic rings. The molecule has 0 spiro atoms. The van der Waals surface area contributed by atoms with Gasteiger partial charge in [-0.2, -0.15) is 0 Å². The van der Waals surface area contributed by atoms with Crippen LogP contribution in [0.1, 0.15) is 16.6 Å². The van der Waals surface area contributed by atoms with E-state index in [-0.39, 0.29) is 5.56 Å². The van der Waals surface area contributed by atoms with E-state index in [0.717, 1.165) is 0 Å². The molecule has 3 rings (SSSR count). The maximum atomic E-state index is 11.7. The first-order chi connectivity index (χ1) is 11.0. The lowest BCUT2D eigenvalue weighted by Crippen LogP contribution is -2.33. The summed E-state index contributed by atoms with van der Waals surface area (Å²) >= 11 is 1.86. The van der Waals surface area contributed by atoms with Crippen molar-refractivity contribution in [3.8, 4) is 0 Å². The molecule has 0 saturated carbocycles. The number of carbonyl (C=O) groups excluding carboxylic acids is 1. The molecule has 3 heterocycles. The van der Waals surface area contributed by atoms with Crippen molar-refractivity contribution in [2.75, 3.05) is 10.1 Å². The quantitative estimate of drug-likeness (QED) is 0.300. The molecule has 0 unspecified atom stereocenters. The van der Waals surface area contributed by atoms with Crippen molar-refractivity contribution in [1.29, 1.82) is 0 Å². The first kappa shape index (κ1) is 16.3. The number of anilines is 1. The van der Waals surface area contributed by atoms with Gasteiger partial charge in [0, 0.05) is 6.20 Å². The van der Waals surface area contributed by atoms with E-state index in [0.29, 0.717) is 16.9 Å². The Balaban J connectivity index is 2.18. The molecule has 23 heavy (non-hydrogen) atoms. The zero-order valence-electron chi connectivity index (χ0n) is 11.6. The highest BCUT2D eigenvalue weighted by Crippen LogP contribution is 2.35. The Kier molecular flexibility index (Phi) is 4.37. The van der Waals surface area contributed by atoms with Crippen LogP contribution in [0.5, 0.6) is 0 Å². The maximum Gasteiger partial charge on any atom is 0.251 e. The fraction of sp³-hybridized carbons (Fsp3) is 0.417. The van der Waals surface area contributed by atoms with Gasteiger partial charge in [-0.15, -0.1) is 0 Å². The first-order valence-corrected chi connectivity index (χ1v) is 7.72. The van der Waals surface area contributed by atoms with E-state index in [1.54, 1.807) is 0 Å². The number of nitrogens with zero attached hydrogens (tertiary/aromatic N) is 3. The number of aliphatic hydroxyl groups is 3. The Labute approximate surface area is 143 Å². The fourth-order valence-electron chi connectivity index (χ4n) is 2.65. The van der Waals surface area contributed by atoms with Crippen molar-refractivity contribution in [3.05, 3.63) is 18.1 Å².